The minimum atomic E-state index is -0.398. The van der Waals surface area contributed by atoms with Gasteiger partial charge in [-0.15, -0.1) is 0 Å². The smallest absolute Gasteiger partial charge is 0.223 e. The van der Waals surface area contributed by atoms with E-state index in [2.05, 4.69) is 22.2 Å². The van der Waals surface area contributed by atoms with E-state index in [0.717, 1.165) is 24.1 Å². The van der Waals surface area contributed by atoms with Crippen LogP contribution in [0.3, 0.4) is 0 Å². The minimum absolute atomic E-state index is 0.344. The van der Waals surface area contributed by atoms with Crippen LogP contribution in [0.4, 0.5) is 10.3 Å². The van der Waals surface area contributed by atoms with Gasteiger partial charge in [-0.25, -0.2) is 14.4 Å². The van der Waals surface area contributed by atoms with Crippen molar-refractivity contribution >= 4 is 5.95 Å². The number of aromatic nitrogens is 2. The summed E-state index contributed by atoms with van der Waals surface area (Å²) in [7, 11) is 0. The Labute approximate surface area is 112 Å². The van der Waals surface area contributed by atoms with E-state index in [0.29, 0.717) is 11.6 Å². The molecule has 0 aliphatic heterocycles. The SMILES string of the molecule is CCCNc1ncc(F)c(-c2ccc(C)c(C)c2)n1. The Hall–Kier alpha value is -1.97. The van der Waals surface area contributed by atoms with E-state index in [4.69, 9.17) is 0 Å². The standard InChI is InChI=1S/C15H18FN3/c1-4-7-17-15-18-9-13(16)14(19-15)12-6-5-10(2)11(3)8-12/h5-6,8-9H,4,7H2,1-3H3,(H,17,18,19). The summed E-state index contributed by atoms with van der Waals surface area (Å²) in [6.07, 6.45) is 2.19. The van der Waals surface area contributed by atoms with Crippen LogP contribution < -0.4 is 5.32 Å². The zero-order valence-corrected chi connectivity index (χ0v) is 11.5. The van der Waals surface area contributed by atoms with Gasteiger partial charge >= 0.3 is 0 Å². The van der Waals surface area contributed by atoms with Gasteiger partial charge in [-0.2, -0.15) is 0 Å². The van der Waals surface area contributed by atoms with Crippen molar-refractivity contribution in [1.29, 1.82) is 0 Å². The highest BCUT2D eigenvalue weighted by Crippen LogP contribution is 2.23. The summed E-state index contributed by atoms with van der Waals surface area (Å²) in [4.78, 5) is 8.20. The quantitative estimate of drug-likeness (QED) is 0.909. The maximum atomic E-state index is 13.9. The van der Waals surface area contributed by atoms with Gasteiger partial charge in [0.15, 0.2) is 5.82 Å². The van der Waals surface area contributed by atoms with Crippen molar-refractivity contribution < 1.29 is 4.39 Å². The summed E-state index contributed by atoms with van der Waals surface area (Å²) in [5.41, 5.74) is 3.43. The second-order valence-electron chi connectivity index (χ2n) is 4.62. The number of benzene rings is 1. The Kier molecular flexibility index (Phi) is 4.10. The van der Waals surface area contributed by atoms with Crippen LogP contribution in [-0.2, 0) is 0 Å². The molecule has 0 aliphatic carbocycles. The van der Waals surface area contributed by atoms with Crippen molar-refractivity contribution in [2.75, 3.05) is 11.9 Å². The van der Waals surface area contributed by atoms with Crippen LogP contribution in [0.25, 0.3) is 11.3 Å². The Balaban J connectivity index is 2.39. The first-order valence-corrected chi connectivity index (χ1v) is 6.46. The first-order chi connectivity index (χ1) is 9.11. The minimum Gasteiger partial charge on any atom is -0.354 e. The molecule has 1 aromatic heterocycles. The molecule has 0 bridgehead atoms. The van der Waals surface area contributed by atoms with E-state index >= 15 is 0 Å². The van der Waals surface area contributed by atoms with E-state index < -0.39 is 5.82 Å². The lowest BCUT2D eigenvalue weighted by atomic mass is 10.0. The van der Waals surface area contributed by atoms with Crippen molar-refractivity contribution in [3.05, 3.63) is 41.3 Å². The predicted octanol–water partition coefficient (Wildman–Crippen LogP) is 3.72. The first kappa shape index (κ1) is 13.5. The molecule has 3 nitrogen and oxygen atoms in total. The van der Waals surface area contributed by atoms with Crippen LogP contribution in [0.5, 0.6) is 0 Å². The molecule has 0 fully saturated rings. The molecule has 1 heterocycles. The highest BCUT2D eigenvalue weighted by atomic mass is 19.1. The number of hydrogen-bond acceptors (Lipinski definition) is 3. The number of nitrogens with one attached hydrogen (secondary N) is 1. The third-order valence-corrected chi connectivity index (χ3v) is 3.06. The molecule has 100 valence electrons. The Morgan fingerprint density at radius 3 is 2.68 bits per heavy atom. The summed E-state index contributed by atoms with van der Waals surface area (Å²) in [6.45, 7) is 6.87. The molecule has 0 saturated carbocycles. The maximum absolute atomic E-state index is 13.9. The fourth-order valence-electron chi connectivity index (χ4n) is 1.78. The molecular weight excluding hydrogens is 241 g/mol. The van der Waals surface area contributed by atoms with E-state index in [-0.39, 0.29) is 0 Å². The Morgan fingerprint density at radius 1 is 1.21 bits per heavy atom. The number of rotatable bonds is 4. The van der Waals surface area contributed by atoms with Gasteiger partial charge in [-0.05, 0) is 37.5 Å². The highest BCUT2D eigenvalue weighted by molar-refractivity contribution is 5.62. The fourth-order valence-corrected chi connectivity index (χ4v) is 1.78. The topological polar surface area (TPSA) is 37.8 Å². The molecule has 0 aliphatic rings. The zero-order chi connectivity index (χ0) is 13.8. The molecule has 0 amide bonds. The third kappa shape index (κ3) is 3.08. The normalized spacial score (nSPS) is 10.5. The van der Waals surface area contributed by atoms with Crippen molar-refractivity contribution in [3.63, 3.8) is 0 Å². The lowest BCUT2D eigenvalue weighted by Gasteiger charge is -2.08. The average molecular weight is 259 g/mol. The van der Waals surface area contributed by atoms with Crippen LogP contribution in [0, 0.1) is 19.7 Å². The number of aryl methyl sites for hydroxylation is 2. The molecule has 0 atom stereocenters. The molecule has 0 unspecified atom stereocenters. The first-order valence-electron chi connectivity index (χ1n) is 6.46. The third-order valence-electron chi connectivity index (χ3n) is 3.06. The molecule has 4 heteroatoms. The van der Waals surface area contributed by atoms with Crippen molar-refractivity contribution in [2.45, 2.75) is 27.2 Å². The van der Waals surface area contributed by atoms with Gasteiger partial charge in [-0.3, -0.25) is 0 Å². The molecule has 0 radical (unpaired) electrons. The molecule has 19 heavy (non-hydrogen) atoms. The van der Waals surface area contributed by atoms with Crippen molar-refractivity contribution in [1.82, 2.24) is 9.97 Å². The largest absolute Gasteiger partial charge is 0.354 e. The molecule has 0 spiro atoms. The van der Waals surface area contributed by atoms with E-state index in [1.165, 1.54) is 11.8 Å². The second-order valence-corrected chi connectivity index (χ2v) is 4.62. The predicted molar refractivity (Wildman–Crippen MR) is 75.7 cm³/mol. The van der Waals surface area contributed by atoms with E-state index in [1.54, 1.807) is 0 Å². The highest BCUT2D eigenvalue weighted by Gasteiger charge is 2.10. The number of hydrogen-bond donors (Lipinski definition) is 1. The van der Waals surface area contributed by atoms with Gasteiger partial charge in [0.05, 0.1) is 6.20 Å². The van der Waals surface area contributed by atoms with Crippen molar-refractivity contribution in [2.24, 2.45) is 0 Å². The van der Waals surface area contributed by atoms with Gasteiger partial charge < -0.3 is 5.32 Å². The van der Waals surface area contributed by atoms with Crippen LogP contribution in [-0.4, -0.2) is 16.5 Å². The maximum Gasteiger partial charge on any atom is 0.223 e. The molecule has 2 rings (SSSR count). The summed E-state index contributed by atoms with van der Waals surface area (Å²) < 4.78 is 13.9. The van der Waals surface area contributed by atoms with Crippen LogP contribution in [0.15, 0.2) is 24.4 Å². The molecule has 1 N–H and O–H groups in total. The van der Waals surface area contributed by atoms with Crippen molar-refractivity contribution in [3.8, 4) is 11.3 Å². The van der Waals surface area contributed by atoms with E-state index in [9.17, 15) is 4.39 Å². The summed E-state index contributed by atoms with van der Waals surface area (Å²) in [5, 5.41) is 3.07. The number of nitrogens with zero attached hydrogens (tertiary/aromatic N) is 2. The molecule has 2 aromatic rings. The van der Waals surface area contributed by atoms with Crippen LogP contribution in [0.1, 0.15) is 24.5 Å². The van der Waals surface area contributed by atoms with E-state index in [1.807, 2.05) is 32.0 Å². The van der Waals surface area contributed by atoms with Gasteiger partial charge in [-0.1, -0.05) is 19.1 Å². The molecule has 0 saturated heterocycles. The number of halogens is 1. The summed E-state index contributed by atoms with van der Waals surface area (Å²) in [6, 6.07) is 5.81. The molecule has 1 aromatic carbocycles. The average Bonchev–Trinajstić information content (AvgIpc) is 2.41. The van der Waals surface area contributed by atoms with Gasteiger partial charge in [0.25, 0.3) is 0 Å². The Morgan fingerprint density at radius 2 is 2.00 bits per heavy atom. The number of anilines is 1. The van der Waals surface area contributed by atoms with Crippen LogP contribution >= 0.6 is 0 Å². The summed E-state index contributed by atoms with van der Waals surface area (Å²) in [5.74, 6) is 0.0711. The lowest BCUT2D eigenvalue weighted by molar-refractivity contribution is 0.618. The van der Waals surface area contributed by atoms with Gasteiger partial charge in [0.2, 0.25) is 5.95 Å². The Bertz CT molecular complexity index is 582. The van der Waals surface area contributed by atoms with Crippen LogP contribution in [0.2, 0.25) is 0 Å². The summed E-state index contributed by atoms with van der Waals surface area (Å²) >= 11 is 0. The zero-order valence-electron chi connectivity index (χ0n) is 11.5. The molecular formula is C15H18FN3. The fraction of sp³-hybridized carbons (Fsp3) is 0.333. The lowest BCUT2D eigenvalue weighted by Crippen LogP contribution is -2.05. The monoisotopic (exact) mass is 259 g/mol. The van der Waals surface area contributed by atoms with Gasteiger partial charge in [0.1, 0.15) is 5.69 Å². The van der Waals surface area contributed by atoms with Gasteiger partial charge in [0, 0.05) is 12.1 Å². The second kappa shape index (κ2) is 5.78.